The van der Waals surface area contributed by atoms with Gasteiger partial charge in [0.25, 0.3) is 11.8 Å². The summed E-state index contributed by atoms with van der Waals surface area (Å²) in [6.07, 6.45) is 1.98. The Balaban J connectivity index is 2.37. The van der Waals surface area contributed by atoms with Crippen LogP contribution in [-0.2, 0) is 0 Å². The number of thioether (sulfide) groups is 1. The number of benzene rings is 2. The van der Waals surface area contributed by atoms with Crippen LogP contribution in [0.25, 0.3) is 0 Å². The summed E-state index contributed by atoms with van der Waals surface area (Å²) in [4.78, 5) is 38.0. The van der Waals surface area contributed by atoms with Crippen LogP contribution >= 0.6 is 46.0 Å². The summed E-state index contributed by atoms with van der Waals surface area (Å²) in [6, 6.07) is 10.2. The second kappa shape index (κ2) is 10.6. The van der Waals surface area contributed by atoms with Crippen LogP contribution in [0.4, 0.5) is 5.69 Å². The Morgan fingerprint density at radius 3 is 2.47 bits per heavy atom. The molecule has 0 aliphatic rings. The molecule has 2 amide bonds. The number of alkyl halides is 1. The molecule has 0 spiro atoms. The number of amides is 2. The summed E-state index contributed by atoms with van der Waals surface area (Å²) in [5.74, 6) is -0.335. The van der Waals surface area contributed by atoms with Crippen molar-refractivity contribution in [2.24, 2.45) is 0 Å². The van der Waals surface area contributed by atoms with Gasteiger partial charge in [0, 0.05) is 26.1 Å². The third kappa shape index (κ3) is 6.21. The van der Waals surface area contributed by atoms with Crippen LogP contribution in [0.3, 0.4) is 0 Å². The van der Waals surface area contributed by atoms with Gasteiger partial charge in [0.2, 0.25) is 0 Å². The van der Waals surface area contributed by atoms with Crippen LogP contribution < -0.4 is 10.6 Å². The number of hydrogen-bond acceptors (Lipinski definition) is 4. The second-order valence-corrected chi connectivity index (χ2v) is 9.77. The molecular weight excluding hydrogens is 535 g/mol. The van der Waals surface area contributed by atoms with Crippen molar-refractivity contribution in [1.82, 2.24) is 5.32 Å². The maximum atomic E-state index is 13.1. The van der Waals surface area contributed by atoms with Crippen molar-refractivity contribution < 1.29 is 14.4 Å². The quantitative estimate of drug-likeness (QED) is 0.267. The van der Waals surface area contributed by atoms with E-state index in [4.69, 9.17) is 11.6 Å². The van der Waals surface area contributed by atoms with E-state index in [9.17, 15) is 14.4 Å². The van der Waals surface area contributed by atoms with Crippen molar-refractivity contribution >= 4 is 69.2 Å². The third-order valence-corrected chi connectivity index (χ3v) is 6.52. The fraction of sp³-hybridized carbons (Fsp3) is 0.318. The minimum atomic E-state index is -0.421. The summed E-state index contributed by atoms with van der Waals surface area (Å²) in [6.45, 7) is 5.72. The highest BCUT2D eigenvalue weighted by Gasteiger charge is 2.26. The fourth-order valence-electron chi connectivity index (χ4n) is 2.91. The van der Waals surface area contributed by atoms with Crippen LogP contribution in [0.1, 0.15) is 50.5 Å². The number of nitrogens with one attached hydrogen (secondary N) is 2. The van der Waals surface area contributed by atoms with Crippen molar-refractivity contribution in [2.45, 2.75) is 26.3 Å². The van der Waals surface area contributed by atoms with Crippen molar-refractivity contribution in [3.05, 3.63) is 62.2 Å². The normalized spacial score (nSPS) is 11.1. The zero-order valence-electron chi connectivity index (χ0n) is 17.3. The molecule has 0 heterocycles. The Morgan fingerprint density at radius 1 is 1.13 bits per heavy atom. The van der Waals surface area contributed by atoms with Gasteiger partial charge in [-0.15, -0.1) is 11.6 Å². The summed E-state index contributed by atoms with van der Waals surface area (Å²) < 4.78 is 0.681. The van der Waals surface area contributed by atoms with Gasteiger partial charge in [-0.3, -0.25) is 14.4 Å². The van der Waals surface area contributed by atoms with Gasteiger partial charge < -0.3 is 10.6 Å². The molecule has 0 unspecified atom stereocenters. The number of Topliss-reactive ketones (excluding diaryl/α,β-unsaturated/α-hetero) is 1. The first kappa shape index (κ1) is 24.7. The number of anilines is 1. The molecule has 0 fully saturated rings. The Kier molecular flexibility index (Phi) is 8.75. The minimum absolute atomic E-state index is 0.135. The second-order valence-electron chi connectivity index (χ2n) is 7.47. The Bertz CT molecular complexity index is 979. The molecular formula is C22H24ClIN2O3S. The molecule has 2 N–H and O–H groups in total. The Morgan fingerprint density at radius 2 is 1.83 bits per heavy atom. The van der Waals surface area contributed by atoms with E-state index in [0.717, 1.165) is 11.3 Å². The van der Waals surface area contributed by atoms with Gasteiger partial charge in [-0.2, -0.15) is 11.8 Å². The van der Waals surface area contributed by atoms with E-state index in [1.54, 1.807) is 48.2 Å². The zero-order chi connectivity index (χ0) is 22.5. The Hall–Kier alpha value is -1.58. The number of carbonyl (C=O) groups excluding carboxylic acids is 3. The van der Waals surface area contributed by atoms with Gasteiger partial charge in [-0.1, -0.05) is 18.2 Å². The van der Waals surface area contributed by atoms with E-state index in [1.165, 1.54) is 0 Å². The molecule has 2 aromatic carbocycles. The molecule has 0 atom stereocenters. The number of hydrogen-bond donors (Lipinski definition) is 2. The zero-order valence-corrected chi connectivity index (χ0v) is 21.0. The summed E-state index contributed by atoms with van der Waals surface area (Å²) in [7, 11) is 0. The average molecular weight is 559 g/mol. The smallest absolute Gasteiger partial charge is 0.256 e. The number of carbonyl (C=O) groups is 3. The highest BCUT2D eigenvalue weighted by Crippen LogP contribution is 2.23. The van der Waals surface area contributed by atoms with Gasteiger partial charge in [-0.25, -0.2) is 0 Å². The molecule has 0 aliphatic carbocycles. The molecule has 0 aromatic heterocycles. The average Bonchev–Trinajstić information content (AvgIpc) is 2.68. The van der Waals surface area contributed by atoms with Crippen molar-refractivity contribution in [3.8, 4) is 0 Å². The lowest BCUT2D eigenvalue weighted by molar-refractivity contribution is 0.0909. The first-order chi connectivity index (χ1) is 14.1. The number of ketones is 1. The molecule has 8 heteroatoms. The highest BCUT2D eigenvalue weighted by molar-refractivity contribution is 14.1. The molecule has 2 aromatic rings. The fourth-order valence-corrected chi connectivity index (χ4v) is 4.60. The maximum Gasteiger partial charge on any atom is 0.256 e. The first-order valence-electron chi connectivity index (χ1n) is 9.20. The Labute approximate surface area is 199 Å². The summed E-state index contributed by atoms with van der Waals surface area (Å²) >= 11 is 9.34. The number of aryl methyl sites for hydroxylation is 1. The summed E-state index contributed by atoms with van der Waals surface area (Å²) in [5, 5.41) is 5.85. The van der Waals surface area contributed by atoms with Crippen LogP contribution in [-0.4, -0.2) is 41.0 Å². The van der Waals surface area contributed by atoms with Gasteiger partial charge in [0.1, 0.15) is 0 Å². The van der Waals surface area contributed by atoms with Crippen LogP contribution in [0.15, 0.2) is 36.4 Å². The topological polar surface area (TPSA) is 75.3 Å². The van der Waals surface area contributed by atoms with E-state index >= 15 is 0 Å². The molecule has 0 radical (unpaired) electrons. The van der Waals surface area contributed by atoms with E-state index in [0.29, 0.717) is 20.4 Å². The largest absolute Gasteiger partial charge is 0.346 e. The van der Waals surface area contributed by atoms with Crippen molar-refractivity contribution in [3.63, 3.8) is 0 Å². The van der Waals surface area contributed by atoms with E-state index in [2.05, 4.69) is 33.2 Å². The highest BCUT2D eigenvalue weighted by atomic mass is 127. The predicted octanol–water partition coefficient (Wildman–Crippen LogP) is 5.14. The molecule has 30 heavy (non-hydrogen) atoms. The molecule has 0 bridgehead atoms. The van der Waals surface area contributed by atoms with Crippen molar-refractivity contribution in [1.29, 1.82) is 0 Å². The third-order valence-electron chi connectivity index (χ3n) is 4.37. The van der Waals surface area contributed by atoms with Crippen LogP contribution in [0.5, 0.6) is 0 Å². The standard InChI is InChI=1S/C22H24ClIN2O3S/c1-13-8-9-14(18(27)11-23)10-17(13)25-20(28)15-6-5-7-16(24)19(15)21(29)26-22(2,3)12-30-4/h5-10H,11-12H2,1-4H3,(H,25,28)(H,26,29). The van der Waals surface area contributed by atoms with E-state index < -0.39 is 11.4 Å². The molecule has 0 aliphatic heterocycles. The lowest BCUT2D eigenvalue weighted by atomic mass is 10.0. The molecule has 0 saturated heterocycles. The van der Waals surface area contributed by atoms with Crippen LogP contribution in [0, 0.1) is 10.5 Å². The maximum absolute atomic E-state index is 13.1. The van der Waals surface area contributed by atoms with Crippen molar-refractivity contribution in [2.75, 3.05) is 23.2 Å². The molecule has 0 saturated carbocycles. The predicted molar refractivity (Wildman–Crippen MR) is 133 cm³/mol. The SMILES string of the molecule is CSCC(C)(C)NC(=O)c1c(I)cccc1C(=O)Nc1cc(C(=O)CCl)ccc1C. The van der Waals surface area contributed by atoms with Crippen LogP contribution in [0.2, 0.25) is 0 Å². The number of halogens is 2. The lowest BCUT2D eigenvalue weighted by Crippen LogP contribution is -2.46. The molecule has 160 valence electrons. The number of rotatable bonds is 8. The monoisotopic (exact) mass is 558 g/mol. The lowest BCUT2D eigenvalue weighted by Gasteiger charge is -2.26. The van der Waals surface area contributed by atoms with Gasteiger partial charge in [0.15, 0.2) is 5.78 Å². The first-order valence-corrected chi connectivity index (χ1v) is 12.2. The van der Waals surface area contributed by atoms with Gasteiger partial charge in [-0.05, 0) is 73.4 Å². The van der Waals surface area contributed by atoms with E-state index in [-0.39, 0.29) is 23.1 Å². The molecule has 5 nitrogen and oxygen atoms in total. The minimum Gasteiger partial charge on any atom is -0.346 e. The van der Waals surface area contributed by atoms with Gasteiger partial charge in [0.05, 0.1) is 17.0 Å². The van der Waals surface area contributed by atoms with E-state index in [1.807, 2.05) is 27.0 Å². The van der Waals surface area contributed by atoms with Gasteiger partial charge >= 0.3 is 0 Å². The summed E-state index contributed by atoms with van der Waals surface area (Å²) in [5.41, 5.74) is 1.90. The molecule has 2 rings (SSSR count).